The third-order valence-electron chi connectivity index (χ3n) is 3.16. The molecule has 0 aromatic heterocycles. The molecule has 0 rings (SSSR count). The van der Waals surface area contributed by atoms with E-state index in [0.29, 0.717) is 12.1 Å². The second-order valence-corrected chi connectivity index (χ2v) is 5.63. The van der Waals surface area contributed by atoms with Crippen LogP contribution in [0.25, 0.3) is 0 Å². The van der Waals surface area contributed by atoms with Crippen LogP contribution >= 0.6 is 0 Å². The molecule has 0 aliphatic heterocycles. The molecule has 0 saturated heterocycles. The van der Waals surface area contributed by atoms with Crippen LogP contribution < -0.4 is 5.32 Å². The Morgan fingerprint density at radius 1 is 1.12 bits per heavy atom. The minimum Gasteiger partial charge on any atom is -0.379 e. The largest absolute Gasteiger partial charge is 0.379 e. The maximum Gasteiger partial charge on any atom is 0.0637 e. The Morgan fingerprint density at radius 3 is 2.25 bits per heavy atom. The second kappa shape index (κ2) is 8.08. The first-order chi connectivity index (χ1) is 7.41. The fraction of sp³-hybridized carbons (Fsp3) is 1.00. The SMILES string of the molecule is CCCCCC(C)NC(C)CC(C)(C)OC. The molecule has 98 valence electrons. The average molecular weight is 229 g/mol. The zero-order valence-electron chi connectivity index (χ0n) is 12.1. The fourth-order valence-corrected chi connectivity index (χ4v) is 2.15. The zero-order valence-corrected chi connectivity index (χ0v) is 12.1. The Hall–Kier alpha value is -0.0800. The minimum atomic E-state index is -0.0183. The average Bonchev–Trinajstić information content (AvgIpc) is 2.17. The Labute approximate surface area is 102 Å². The maximum atomic E-state index is 5.45. The molecule has 0 spiro atoms. The highest BCUT2D eigenvalue weighted by molar-refractivity contribution is 4.77. The van der Waals surface area contributed by atoms with E-state index in [1.54, 1.807) is 7.11 Å². The first-order valence-corrected chi connectivity index (χ1v) is 6.72. The Kier molecular flexibility index (Phi) is 8.04. The van der Waals surface area contributed by atoms with Crippen molar-refractivity contribution in [3.8, 4) is 0 Å². The first-order valence-electron chi connectivity index (χ1n) is 6.72. The van der Waals surface area contributed by atoms with Crippen molar-refractivity contribution < 1.29 is 4.74 Å². The molecule has 0 saturated carbocycles. The molecule has 0 heterocycles. The lowest BCUT2D eigenvalue weighted by molar-refractivity contribution is 0.00776. The number of hydrogen-bond donors (Lipinski definition) is 1. The van der Waals surface area contributed by atoms with E-state index in [-0.39, 0.29) is 5.60 Å². The molecule has 1 N–H and O–H groups in total. The molecule has 2 nitrogen and oxygen atoms in total. The molecule has 2 atom stereocenters. The normalized spacial score (nSPS) is 16.1. The van der Waals surface area contributed by atoms with E-state index < -0.39 is 0 Å². The van der Waals surface area contributed by atoms with E-state index in [9.17, 15) is 0 Å². The van der Waals surface area contributed by atoms with Gasteiger partial charge in [0.2, 0.25) is 0 Å². The highest BCUT2D eigenvalue weighted by Gasteiger charge is 2.20. The molecule has 0 aromatic carbocycles. The van der Waals surface area contributed by atoms with E-state index >= 15 is 0 Å². The van der Waals surface area contributed by atoms with E-state index in [4.69, 9.17) is 4.74 Å². The molecule has 0 aliphatic carbocycles. The van der Waals surface area contributed by atoms with Crippen molar-refractivity contribution >= 4 is 0 Å². The number of ether oxygens (including phenoxy) is 1. The molecule has 0 aliphatic rings. The van der Waals surface area contributed by atoms with Crippen LogP contribution in [-0.2, 0) is 4.74 Å². The van der Waals surface area contributed by atoms with Crippen LogP contribution in [0.15, 0.2) is 0 Å². The van der Waals surface area contributed by atoms with Crippen molar-refractivity contribution in [3.05, 3.63) is 0 Å². The molecule has 0 amide bonds. The molecule has 16 heavy (non-hydrogen) atoms. The summed E-state index contributed by atoms with van der Waals surface area (Å²) in [5.41, 5.74) is -0.0183. The van der Waals surface area contributed by atoms with Crippen LogP contribution in [0.3, 0.4) is 0 Å². The summed E-state index contributed by atoms with van der Waals surface area (Å²) in [5.74, 6) is 0. The number of nitrogens with one attached hydrogen (secondary N) is 1. The van der Waals surface area contributed by atoms with E-state index in [1.807, 2.05) is 0 Å². The molecule has 2 heteroatoms. The van der Waals surface area contributed by atoms with Gasteiger partial charge in [-0.2, -0.15) is 0 Å². The van der Waals surface area contributed by atoms with Gasteiger partial charge in [-0.05, 0) is 40.5 Å². The molecule has 0 bridgehead atoms. The van der Waals surface area contributed by atoms with Crippen molar-refractivity contribution in [2.45, 2.75) is 84.4 Å². The van der Waals surface area contributed by atoms with Gasteiger partial charge in [0.15, 0.2) is 0 Å². The Bertz CT molecular complexity index is 168. The lowest BCUT2D eigenvalue weighted by atomic mass is 9.99. The molecule has 2 unspecified atom stereocenters. The number of unbranched alkanes of at least 4 members (excludes halogenated alkanes) is 2. The van der Waals surface area contributed by atoms with Crippen LogP contribution in [0.1, 0.15) is 66.7 Å². The minimum absolute atomic E-state index is 0.0183. The van der Waals surface area contributed by atoms with Gasteiger partial charge < -0.3 is 10.1 Å². The molecule has 0 fully saturated rings. The van der Waals surface area contributed by atoms with E-state index in [2.05, 4.69) is 39.9 Å². The molecular weight excluding hydrogens is 198 g/mol. The summed E-state index contributed by atoms with van der Waals surface area (Å²) < 4.78 is 5.45. The lowest BCUT2D eigenvalue weighted by Gasteiger charge is -2.29. The number of rotatable bonds is 9. The van der Waals surface area contributed by atoms with E-state index in [0.717, 1.165) is 6.42 Å². The van der Waals surface area contributed by atoms with Crippen LogP contribution in [-0.4, -0.2) is 24.8 Å². The highest BCUT2D eigenvalue weighted by Crippen LogP contribution is 2.16. The molecular formula is C14H31NO. The summed E-state index contributed by atoms with van der Waals surface area (Å²) in [6.45, 7) is 11.1. The second-order valence-electron chi connectivity index (χ2n) is 5.63. The molecule has 0 aromatic rings. The summed E-state index contributed by atoms with van der Waals surface area (Å²) in [7, 11) is 1.79. The van der Waals surface area contributed by atoms with Gasteiger partial charge in [0, 0.05) is 19.2 Å². The predicted octanol–water partition coefficient (Wildman–Crippen LogP) is 3.75. The third-order valence-corrected chi connectivity index (χ3v) is 3.16. The van der Waals surface area contributed by atoms with Gasteiger partial charge in [-0.1, -0.05) is 26.2 Å². The summed E-state index contributed by atoms with van der Waals surface area (Å²) in [6, 6.07) is 1.14. The highest BCUT2D eigenvalue weighted by atomic mass is 16.5. The van der Waals surface area contributed by atoms with E-state index in [1.165, 1.54) is 25.7 Å². The van der Waals surface area contributed by atoms with Gasteiger partial charge in [-0.25, -0.2) is 0 Å². The number of methoxy groups -OCH3 is 1. The standard InChI is InChI=1S/C14H31NO/c1-7-8-9-10-12(2)15-13(3)11-14(4,5)16-6/h12-13,15H,7-11H2,1-6H3. The van der Waals surface area contributed by atoms with Crippen LogP contribution in [0, 0.1) is 0 Å². The monoisotopic (exact) mass is 229 g/mol. The van der Waals surface area contributed by atoms with Crippen molar-refractivity contribution in [1.82, 2.24) is 5.32 Å². The maximum absolute atomic E-state index is 5.45. The van der Waals surface area contributed by atoms with Crippen molar-refractivity contribution in [1.29, 1.82) is 0 Å². The van der Waals surface area contributed by atoms with Gasteiger partial charge in [0.1, 0.15) is 0 Å². The lowest BCUT2D eigenvalue weighted by Crippen LogP contribution is -2.40. The van der Waals surface area contributed by atoms with Gasteiger partial charge in [-0.15, -0.1) is 0 Å². The summed E-state index contributed by atoms with van der Waals surface area (Å²) in [4.78, 5) is 0. The molecule has 0 radical (unpaired) electrons. The topological polar surface area (TPSA) is 21.3 Å². The van der Waals surface area contributed by atoms with Crippen molar-refractivity contribution in [2.75, 3.05) is 7.11 Å². The van der Waals surface area contributed by atoms with Crippen molar-refractivity contribution in [2.24, 2.45) is 0 Å². The smallest absolute Gasteiger partial charge is 0.0637 e. The van der Waals surface area contributed by atoms with Crippen molar-refractivity contribution in [3.63, 3.8) is 0 Å². The summed E-state index contributed by atoms with van der Waals surface area (Å²) in [6.07, 6.45) is 6.33. The fourth-order valence-electron chi connectivity index (χ4n) is 2.15. The number of hydrogen-bond acceptors (Lipinski definition) is 2. The van der Waals surface area contributed by atoms with Gasteiger partial charge >= 0.3 is 0 Å². The van der Waals surface area contributed by atoms with Crippen LogP contribution in [0.2, 0.25) is 0 Å². The quantitative estimate of drug-likeness (QED) is 0.608. The van der Waals surface area contributed by atoms with Crippen LogP contribution in [0.4, 0.5) is 0 Å². The zero-order chi connectivity index (χ0) is 12.6. The van der Waals surface area contributed by atoms with Gasteiger partial charge in [-0.3, -0.25) is 0 Å². The van der Waals surface area contributed by atoms with Gasteiger partial charge in [0.25, 0.3) is 0 Å². The summed E-state index contributed by atoms with van der Waals surface area (Å²) >= 11 is 0. The first kappa shape index (κ1) is 15.9. The summed E-state index contributed by atoms with van der Waals surface area (Å²) in [5, 5.41) is 3.65. The Morgan fingerprint density at radius 2 is 1.75 bits per heavy atom. The van der Waals surface area contributed by atoms with Crippen LogP contribution in [0.5, 0.6) is 0 Å². The predicted molar refractivity (Wildman–Crippen MR) is 71.9 cm³/mol. The third kappa shape index (κ3) is 8.12. The Balaban J connectivity index is 3.73. The van der Waals surface area contributed by atoms with Gasteiger partial charge in [0.05, 0.1) is 5.60 Å².